The molecule has 0 aliphatic carbocycles. The van der Waals surface area contributed by atoms with Gasteiger partial charge in [0.1, 0.15) is 11.5 Å². The van der Waals surface area contributed by atoms with Crippen molar-refractivity contribution >= 4 is 29.2 Å². The van der Waals surface area contributed by atoms with E-state index in [4.69, 9.17) is 4.42 Å². The summed E-state index contributed by atoms with van der Waals surface area (Å²) in [5.41, 5.74) is 2.02. The SMILES string of the molecule is CC(=O)c1ccc(NC(=O)C(=Cc2ccco2)n2nnnc2-c2ccccc2)cc1. The average molecular weight is 399 g/mol. The summed E-state index contributed by atoms with van der Waals surface area (Å²) in [6, 6.07) is 19.4. The number of anilines is 1. The van der Waals surface area contributed by atoms with E-state index >= 15 is 0 Å². The Kier molecular flexibility index (Phi) is 5.29. The van der Waals surface area contributed by atoms with Crippen LogP contribution in [0, 0.1) is 0 Å². The van der Waals surface area contributed by atoms with Crippen molar-refractivity contribution in [1.29, 1.82) is 0 Å². The molecule has 2 aromatic carbocycles. The molecule has 0 saturated carbocycles. The zero-order valence-corrected chi connectivity index (χ0v) is 16.0. The van der Waals surface area contributed by atoms with Crippen LogP contribution in [0.3, 0.4) is 0 Å². The summed E-state index contributed by atoms with van der Waals surface area (Å²) in [4.78, 5) is 24.6. The van der Waals surface area contributed by atoms with Crippen LogP contribution in [0.2, 0.25) is 0 Å². The Morgan fingerprint density at radius 2 is 1.77 bits per heavy atom. The number of furan rings is 1. The summed E-state index contributed by atoms with van der Waals surface area (Å²) in [6.45, 7) is 1.49. The Balaban J connectivity index is 1.71. The molecule has 30 heavy (non-hydrogen) atoms. The highest BCUT2D eigenvalue weighted by molar-refractivity contribution is 6.24. The first-order valence-electron chi connectivity index (χ1n) is 9.13. The number of nitrogens with zero attached hydrogens (tertiary/aromatic N) is 4. The number of carbonyl (C=O) groups excluding carboxylic acids is 2. The van der Waals surface area contributed by atoms with Gasteiger partial charge in [-0.1, -0.05) is 30.3 Å². The van der Waals surface area contributed by atoms with E-state index in [1.807, 2.05) is 30.3 Å². The lowest BCUT2D eigenvalue weighted by Gasteiger charge is -2.11. The van der Waals surface area contributed by atoms with Crippen molar-refractivity contribution in [3.63, 3.8) is 0 Å². The molecule has 8 nitrogen and oxygen atoms in total. The molecule has 0 atom stereocenters. The third kappa shape index (κ3) is 4.07. The van der Waals surface area contributed by atoms with Crippen LogP contribution < -0.4 is 5.32 Å². The first-order chi connectivity index (χ1) is 14.6. The molecule has 1 N–H and O–H groups in total. The third-order valence-corrected chi connectivity index (χ3v) is 4.33. The van der Waals surface area contributed by atoms with Gasteiger partial charge in [-0.2, -0.15) is 4.68 Å². The number of carbonyl (C=O) groups is 2. The molecule has 4 aromatic rings. The zero-order chi connectivity index (χ0) is 20.9. The van der Waals surface area contributed by atoms with Gasteiger partial charge >= 0.3 is 0 Å². The zero-order valence-electron chi connectivity index (χ0n) is 16.0. The number of hydrogen-bond acceptors (Lipinski definition) is 6. The number of rotatable bonds is 6. The average Bonchev–Trinajstić information content (AvgIpc) is 3.45. The molecular formula is C22H17N5O3. The van der Waals surface area contributed by atoms with Gasteiger partial charge in [0.15, 0.2) is 11.6 Å². The normalized spacial score (nSPS) is 11.3. The van der Waals surface area contributed by atoms with Crippen molar-refractivity contribution in [1.82, 2.24) is 20.2 Å². The second-order valence-electron chi connectivity index (χ2n) is 6.41. The third-order valence-electron chi connectivity index (χ3n) is 4.33. The molecule has 2 aromatic heterocycles. The summed E-state index contributed by atoms with van der Waals surface area (Å²) < 4.78 is 6.73. The summed E-state index contributed by atoms with van der Waals surface area (Å²) in [5, 5.41) is 14.6. The van der Waals surface area contributed by atoms with Crippen LogP contribution in [0.15, 0.2) is 77.4 Å². The predicted octanol–water partition coefficient (Wildman–Crippen LogP) is 3.77. The molecule has 8 heteroatoms. The van der Waals surface area contributed by atoms with Crippen molar-refractivity contribution < 1.29 is 14.0 Å². The first-order valence-corrected chi connectivity index (χ1v) is 9.13. The maximum atomic E-state index is 13.1. The number of nitrogens with one attached hydrogen (secondary N) is 1. The van der Waals surface area contributed by atoms with Crippen molar-refractivity contribution in [3.8, 4) is 11.4 Å². The lowest BCUT2D eigenvalue weighted by atomic mass is 10.1. The molecule has 148 valence electrons. The van der Waals surface area contributed by atoms with Crippen LogP contribution in [0.25, 0.3) is 23.2 Å². The Morgan fingerprint density at radius 1 is 1.00 bits per heavy atom. The number of amides is 1. The standard InChI is InChI=1S/C22H17N5O3/c1-15(28)16-9-11-18(12-10-16)23-22(29)20(14-19-8-5-13-30-19)27-21(24-25-26-27)17-6-3-2-4-7-17/h2-14H,1H3,(H,23,29). The highest BCUT2D eigenvalue weighted by Gasteiger charge is 2.20. The molecule has 0 aliphatic heterocycles. The van der Waals surface area contributed by atoms with Crippen molar-refractivity contribution in [2.45, 2.75) is 6.92 Å². The topological polar surface area (TPSA) is 103 Å². The molecule has 0 bridgehead atoms. The van der Waals surface area contributed by atoms with E-state index in [9.17, 15) is 9.59 Å². The van der Waals surface area contributed by atoms with E-state index in [1.165, 1.54) is 17.9 Å². The minimum atomic E-state index is -0.438. The lowest BCUT2D eigenvalue weighted by Crippen LogP contribution is -2.19. The van der Waals surface area contributed by atoms with Crippen LogP contribution in [0.4, 0.5) is 5.69 Å². The second kappa shape index (κ2) is 8.36. The Bertz CT molecular complexity index is 1190. The van der Waals surface area contributed by atoms with Crippen molar-refractivity contribution in [3.05, 3.63) is 84.3 Å². The second-order valence-corrected chi connectivity index (χ2v) is 6.41. The largest absolute Gasteiger partial charge is 0.465 e. The van der Waals surface area contributed by atoms with Crippen LogP contribution in [0.5, 0.6) is 0 Å². The highest BCUT2D eigenvalue weighted by Crippen LogP contribution is 2.22. The molecule has 0 aliphatic rings. The fourth-order valence-corrected chi connectivity index (χ4v) is 2.83. The van der Waals surface area contributed by atoms with E-state index in [-0.39, 0.29) is 11.5 Å². The maximum Gasteiger partial charge on any atom is 0.274 e. The molecular weight excluding hydrogens is 382 g/mol. The smallest absolute Gasteiger partial charge is 0.274 e. The van der Waals surface area contributed by atoms with Crippen LogP contribution in [-0.2, 0) is 4.79 Å². The summed E-state index contributed by atoms with van der Waals surface area (Å²) >= 11 is 0. The van der Waals surface area contributed by atoms with Crippen molar-refractivity contribution in [2.24, 2.45) is 0 Å². The van der Waals surface area contributed by atoms with E-state index in [2.05, 4.69) is 20.8 Å². The Morgan fingerprint density at radius 3 is 2.43 bits per heavy atom. The van der Waals surface area contributed by atoms with Gasteiger partial charge in [0.25, 0.3) is 5.91 Å². The number of aromatic nitrogens is 4. The van der Waals surface area contributed by atoms with Gasteiger partial charge in [-0.05, 0) is 53.7 Å². The minimum absolute atomic E-state index is 0.0486. The van der Waals surface area contributed by atoms with E-state index in [0.29, 0.717) is 22.8 Å². The van der Waals surface area contributed by atoms with E-state index in [0.717, 1.165) is 5.56 Å². The molecule has 0 saturated heterocycles. The molecule has 0 unspecified atom stereocenters. The monoisotopic (exact) mass is 399 g/mol. The highest BCUT2D eigenvalue weighted by atomic mass is 16.3. The molecule has 0 radical (unpaired) electrons. The lowest BCUT2D eigenvalue weighted by molar-refractivity contribution is -0.111. The quantitative estimate of drug-likeness (QED) is 0.391. The number of ketones is 1. The van der Waals surface area contributed by atoms with Gasteiger partial charge in [0, 0.05) is 22.9 Å². The number of benzene rings is 2. The van der Waals surface area contributed by atoms with Crippen molar-refractivity contribution in [2.75, 3.05) is 5.32 Å². The fourth-order valence-electron chi connectivity index (χ4n) is 2.83. The van der Waals surface area contributed by atoms with Gasteiger partial charge in [-0.25, -0.2) is 0 Å². The number of hydrogen-bond donors (Lipinski definition) is 1. The fraction of sp³-hybridized carbons (Fsp3) is 0.0455. The number of Topliss-reactive ketones (excluding diaryl/α,β-unsaturated/α-hetero) is 1. The van der Waals surface area contributed by atoms with Gasteiger partial charge < -0.3 is 9.73 Å². The molecule has 0 spiro atoms. The van der Waals surface area contributed by atoms with E-state index in [1.54, 1.807) is 42.5 Å². The van der Waals surface area contributed by atoms with Crippen LogP contribution in [-0.4, -0.2) is 31.9 Å². The summed E-state index contributed by atoms with van der Waals surface area (Å²) in [7, 11) is 0. The molecule has 2 heterocycles. The predicted molar refractivity (Wildman–Crippen MR) is 111 cm³/mol. The van der Waals surface area contributed by atoms with Gasteiger partial charge in [0.05, 0.1) is 6.26 Å². The summed E-state index contributed by atoms with van der Waals surface area (Å²) in [5.74, 6) is 0.399. The van der Waals surface area contributed by atoms with Crippen LogP contribution in [0.1, 0.15) is 23.0 Å². The molecule has 0 fully saturated rings. The molecule has 4 rings (SSSR count). The summed E-state index contributed by atoms with van der Waals surface area (Å²) in [6.07, 6.45) is 3.07. The van der Waals surface area contributed by atoms with Gasteiger partial charge in [-0.3, -0.25) is 9.59 Å². The molecule has 1 amide bonds. The Hall–Kier alpha value is -4.33. The van der Waals surface area contributed by atoms with Gasteiger partial charge in [-0.15, -0.1) is 5.10 Å². The Labute approximate surface area is 171 Å². The first kappa shape index (κ1) is 19.0. The van der Waals surface area contributed by atoms with E-state index < -0.39 is 5.91 Å². The minimum Gasteiger partial charge on any atom is -0.465 e. The number of tetrazole rings is 1. The van der Waals surface area contributed by atoms with Gasteiger partial charge in [0.2, 0.25) is 0 Å². The maximum absolute atomic E-state index is 13.1. The van der Waals surface area contributed by atoms with Crippen LogP contribution >= 0.6 is 0 Å².